The SMILES string of the molecule is Cc1cc(C)n2nc(SCC(=O)c3ccc(C)c(C)c3)nc2n1. The zero-order chi connectivity index (χ0) is 16.6. The van der Waals surface area contributed by atoms with Crippen LogP contribution in [0.1, 0.15) is 32.9 Å². The molecule has 0 saturated carbocycles. The predicted molar refractivity (Wildman–Crippen MR) is 91.2 cm³/mol. The molecular weight excluding hydrogens is 308 g/mol. The van der Waals surface area contributed by atoms with E-state index in [0.29, 0.717) is 16.7 Å². The average molecular weight is 326 g/mol. The lowest BCUT2D eigenvalue weighted by atomic mass is 10.0. The highest BCUT2D eigenvalue weighted by Gasteiger charge is 2.12. The zero-order valence-corrected chi connectivity index (χ0v) is 14.4. The second-order valence-electron chi connectivity index (χ2n) is 5.66. The first kappa shape index (κ1) is 15.7. The summed E-state index contributed by atoms with van der Waals surface area (Å²) in [7, 11) is 0. The Hall–Kier alpha value is -2.21. The van der Waals surface area contributed by atoms with Gasteiger partial charge in [-0.3, -0.25) is 4.79 Å². The van der Waals surface area contributed by atoms with Crippen LogP contribution in [0, 0.1) is 27.7 Å². The summed E-state index contributed by atoms with van der Waals surface area (Å²) < 4.78 is 1.70. The minimum absolute atomic E-state index is 0.0813. The number of carbonyl (C=O) groups is 1. The van der Waals surface area contributed by atoms with Gasteiger partial charge in [0, 0.05) is 17.0 Å². The number of benzene rings is 1. The minimum atomic E-state index is 0.0813. The first-order valence-electron chi connectivity index (χ1n) is 7.38. The van der Waals surface area contributed by atoms with Crippen LogP contribution in [-0.2, 0) is 0 Å². The van der Waals surface area contributed by atoms with Crippen molar-refractivity contribution in [1.29, 1.82) is 0 Å². The molecule has 2 aromatic heterocycles. The molecule has 1 aromatic carbocycles. The van der Waals surface area contributed by atoms with E-state index in [1.54, 1.807) is 4.52 Å². The van der Waals surface area contributed by atoms with Gasteiger partial charge in [0.2, 0.25) is 5.16 Å². The smallest absolute Gasteiger partial charge is 0.253 e. The standard InChI is InChI=1S/C17H18N4OS/c1-10-5-6-14(7-11(10)2)15(22)9-23-17-19-16-18-12(3)8-13(4)21(16)20-17/h5-8H,9H2,1-4H3. The van der Waals surface area contributed by atoms with Crippen LogP contribution in [0.2, 0.25) is 0 Å². The monoisotopic (exact) mass is 326 g/mol. The summed E-state index contributed by atoms with van der Waals surface area (Å²) in [5.41, 5.74) is 4.93. The third kappa shape index (κ3) is 3.27. The van der Waals surface area contributed by atoms with Crippen molar-refractivity contribution in [3.63, 3.8) is 0 Å². The Balaban J connectivity index is 1.76. The fraction of sp³-hybridized carbons (Fsp3) is 0.294. The fourth-order valence-electron chi connectivity index (χ4n) is 2.34. The van der Waals surface area contributed by atoms with E-state index in [1.807, 2.05) is 52.0 Å². The van der Waals surface area contributed by atoms with Crippen molar-refractivity contribution in [2.24, 2.45) is 0 Å². The number of aryl methyl sites for hydroxylation is 4. The third-order valence-corrected chi connectivity index (χ3v) is 4.60. The maximum atomic E-state index is 12.3. The highest BCUT2D eigenvalue weighted by Crippen LogP contribution is 2.18. The Kier molecular flexibility index (Phi) is 4.17. The molecule has 0 bridgehead atoms. The van der Waals surface area contributed by atoms with Crippen molar-refractivity contribution in [1.82, 2.24) is 19.6 Å². The van der Waals surface area contributed by atoms with Crippen molar-refractivity contribution >= 4 is 23.3 Å². The first-order valence-corrected chi connectivity index (χ1v) is 8.37. The van der Waals surface area contributed by atoms with E-state index < -0.39 is 0 Å². The van der Waals surface area contributed by atoms with Crippen molar-refractivity contribution in [2.75, 3.05) is 5.75 Å². The number of rotatable bonds is 4. The molecule has 5 nitrogen and oxygen atoms in total. The number of nitrogens with zero attached hydrogens (tertiary/aromatic N) is 4. The van der Waals surface area contributed by atoms with Crippen LogP contribution in [0.15, 0.2) is 29.4 Å². The number of carbonyl (C=O) groups excluding carboxylic acids is 1. The van der Waals surface area contributed by atoms with Crippen LogP contribution in [0.25, 0.3) is 5.78 Å². The second-order valence-corrected chi connectivity index (χ2v) is 6.60. The number of ketones is 1. The number of hydrogen-bond acceptors (Lipinski definition) is 5. The summed E-state index contributed by atoms with van der Waals surface area (Å²) in [5.74, 6) is 0.971. The molecule has 0 atom stereocenters. The van der Waals surface area contributed by atoms with Gasteiger partial charge in [-0.2, -0.15) is 4.98 Å². The molecule has 0 spiro atoms. The Morgan fingerprint density at radius 1 is 1.09 bits per heavy atom. The lowest BCUT2D eigenvalue weighted by Gasteiger charge is -2.03. The summed E-state index contributed by atoms with van der Waals surface area (Å²) in [6, 6.07) is 7.74. The van der Waals surface area contributed by atoms with Gasteiger partial charge in [-0.25, -0.2) is 9.50 Å². The van der Waals surface area contributed by atoms with Crippen molar-refractivity contribution < 1.29 is 4.79 Å². The largest absolute Gasteiger partial charge is 0.293 e. The molecule has 6 heteroatoms. The summed E-state index contributed by atoms with van der Waals surface area (Å²) in [6.45, 7) is 7.94. The Labute approximate surface area is 139 Å². The van der Waals surface area contributed by atoms with Crippen molar-refractivity contribution in [3.05, 3.63) is 52.3 Å². The Bertz CT molecular complexity index is 901. The molecular formula is C17H18N4OS. The maximum Gasteiger partial charge on any atom is 0.253 e. The summed E-state index contributed by atoms with van der Waals surface area (Å²) in [4.78, 5) is 21.1. The molecule has 3 aromatic rings. The third-order valence-electron chi connectivity index (χ3n) is 3.76. The van der Waals surface area contributed by atoms with Crippen LogP contribution < -0.4 is 0 Å². The molecule has 0 radical (unpaired) electrons. The molecule has 118 valence electrons. The molecule has 2 heterocycles. The minimum Gasteiger partial charge on any atom is -0.293 e. The lowest BCUT2D eigenvalue weighted by Crippen LogP contribution is -2.03. The van der Waals surface area contributed by atoms with Crippen molar-refractivity contribution in [3.8, 4) is 0 Å². The van der Waals surface area contributed by atoms with E-state index >= 15 is 0 Å². The highest BCUT2D eigenvalue weighted by atomic mass is 32.2. The Morgan fingerprint density at radius 2 is 1.87 bits per heavy atom. The molecule has 0 aliphatic rings. The van der Waals surface area contributed by atoms with Crippen LogP contribution in [0.4, 0.5) is 0 Å². The molecule has 0 saturated heterocycles. The number of aromatic nitrogens is 4. The summed E-state index contributed by atoms with van der Waals surface area (Å²) in [5, 5.41) is 4.98. The van der Waals surface area contributed by atoms with Gasteiger partial charge in [0.15, 0.2) is 5.78 Å². The number of Topliss-reactive ketones (excluding diaryl/α,β-unsaturated/α-hetero) is 1. The average Bonchev–Trinajstić information content (AvgIpc) is 2.91. The lowest BCUT2D eigenvalue weighted by molar-refractivity contribution is 0.102. The van der Waals surface area contributed by atoms with Gasteiger partial charge in [0.1, 0.15) is 0 Å². The highest BCUT2D eigenvalue weighted by molar-refractivity contribution is 7.99. The van der Waals surface area contributed by atoms with E-state index in [-0.39, 0.29) is 5.78 Å². The van der Waals surface area contributed by atoms with Crippen LogP contribution >= 0.6 is 11.8 Å². The molecule has 0 fully saturated rings. The first-order chi connectivity index (χ1) is 10.9. The number of fused-ring (bicyclic) bond motifs is 1. The molecule has 0 amide bonds. The zero-order valence-electron chi connectivity index (χ0n) is 13.6. The van der Waals surface area contributed by atoms with Crippen molar-refractivity contribution in [2.45, 2.75) is 32.9 Å². The normalized spacial score (nSPS) is 11.1. The van der Waals surface area contributed by atoms with Gasteiger partial charge in [0.25, 0.3) is 5.78 Å². The summed E-state index contributed by atoms with van der Waals surface area (Å²) in [6.07, 6.45) is 0. The van der Waals surface area contributed by atoms with Gasteiger partial charge in [-0.1, -0.05) is 23.9 Å². The molecule has 0 aliphatic carbocycles. The van der Waals surface area contributed by atoms with Crippen LogP contribution in [0.5, 0.6) is 0 Å². The van der Waals surface area contributed by atoms with Crippen LogP contribution in [0.3, 0.4) is 0 Å². The van der Waals surface area contributed by atoms with E-state index in [9.17, 15) is 4.79 Å². The Morgan fingerprint density at radius 3 is 2.61 bits per heavy atom. The number of thioether (sulfide) groups is 1. The topological polar surface area (TPSA) is 60.2 Å². The van der Waals surface area contributed by atoms with E-state index in [4.69, 9.17) is 0 Å². The van der Waals surface area contributed by atoms with Crippen LogP contribution in [-0.4, -0.2) is 31.1 Å². The van der Waals surface area contributed by atoms with E-state index in [0.717, 1.165) is 22.5 Å². The molecule has 0 unspecified atom stereocenters. The summed E-state index contributed by atoms with van der Waals surface area (Å²) >= 11 is 1.34. The molecule has 23 heavy (non-hydrogen) atoms. The predicted octanol–water partition coefficient (Wildman–Crippen LogP) is 3.33. The second kappa shape index (κ2) is 6.12. The van der Waals surface area contributed by atoms with E-state index in [1.165, 1.54) is 17.3 Å². The van der Waals surface area contributed by atoms with Gasteiger partial charge in [0.05, 0.1) is 5.75 Å². The van der Waals surface area contributed by atoms with Gasteiger partial charge >= 0.3 is 0 Å². The number of hydrogen-bond donors (Lipinski definition) is 0. The van der Waals surface area contributed by atoms with Gasteiger partial charge < -0.3 is 0 Å². The molecule has 0 aliphatic heterocycles. The quantitative estimate of drug-likeness (QED) is 0.543. The molecule has 0 N–H and O–H groups in total. The van der Waals surface area contributed by atoms with E-state index in [2.05, 4.69) is 15.1 Å². The fourth-order valence-corrected chi connectivity index (χ4v) is 3.05. The van der Waals surface area contributed by atoms with Gasteiger partial charge in [-0.05, 0) is 51.0 Å². The maximum absolute atomic E-state index is 12.3. The molecule has 3 rings (SSSR count). The van der Waals surface area contributed by atoms with Gasteiger partial charge in [-0.15, -0.1) is 5.10 Å².